The van der Waals surface area contributed by atoms with E-state index < -0.39 is 0 Å². The molecular weight excluding hydrogens is 358 g/mol. The number of nitrogens with one attached hydrogen (secondary N) is 1. The number of hydrogen-bond donors (Lipinski definition) is 1. The largest absolute Gasteiger partial charge is 0.355 e. The van der Waals surface area contributed by atoms with Gasteiger partial charge < -0.3 is 5.32 Å². The Morgan fingerprint density at radius 1 is 0.862 bits per heavy atom. The van der Waals surface area contributed by atoms with E-state index >= 15 is 0 Å². The molecule has 0 saturated heterocycles. The number of hydrogen-bond acceptors (Lipinski definition) is 3. The summed E-state index contributed by atoms with van der Waals surface area (Å²) < 4.78 is 0. The molecule has 0 aromatic carbocycles. The van der Waals surface area contributed by atoms with Crippen LogP contribution in [0.4, 0.5) is 0 Å². The molecule has 1 aliphatic rings. The van der Waals surface area contributed by atoms with Gasteiger partial charge in [0.15, 0.2) is 0 Å². The molecule has 0 aromatic heterocycles. The predicted octanol–water partition coefficient (Wildman–Crippen LogP) is 6.49. The lowest BCUT2D eigenvalue weighted by molar-refractivity contribution is -0.121. The second-order valence-electron chi connectivity index (χ2n) is 8.79. The van der Waals surface area contributed by atoms with E-state index in [4.69, 9.17) is 0 Å². The third kappa shape index (κ3) is 14.7. The summed E-state index contributed by atoms with van der Waals surface area (Å²) >= 11 is 0. The second kappa shape index (κ2) is 19.1. The lowest BCUT2D eigenvalue weighted by Gasteiger charge is -2.23. The zero-order valence-electron chi connectivity index (χ0n) is 19.6. The van der Waals surface area contributed by atoms with Crippen LogP contribution in [-0.2, 0) is 4.79 Å². The maximum Gasteiger partial charge on any atom is 0.220 e. The van der Waals surface area contributed by atoms with E-state index in [1.807, 2.05) is 6.21 Å². The molecule has 0 spiro atoms. The fourth-order valence-corrected chi connectivity index (χ4v) is 4.12. The summed E-state index contributed by atoms with van der Waals surface area (Å²) in [5.74, 6) is 0.223. The SMILES string of the molecule is CCCCCCCCCCCC(=O)NCCN1CC=NC1CCCCCCCC. The van der Waals surface area contributed by atoms with Gasteiger partial charge in [-0.1, -0.05) is 97.3 Å². The Balaban J connectivity index is 1.94. The highest BCUT2D eigenvalue weighted by Gasteiger charge is 2.20. The molecule has 170 valence electrons. The van der Waals surface area contributed by atoms with Crippen LogP contribution in [0.25, 0.3) is 0 Å². The molecule has 1 amide bonds. The van der Waals surface area contributed by atoms with Gasteiger partial charge in [0.25, 0.3) is 0 Å². The Labute approximate surface area is 181 Å². The molecule has 1 unspecified atom stereocenters. The smallest absolute Gasteiger partial charge is 0.220 e. The lowest BCUT2D eigenvalue weighted by Crippen LogP contribution is -2.38. The number of carbonyl (C=O) groups excluding carboxylic acids is 1. The van der Waals surface area contributed by atoms with Crippen LogP contribution in [0.5, 0.6) is 0 Å². The van der Waals surface area contributed by atoms with Crippen LogP contribution in [0.3, 0.4) is 0 Å². The van der Waals surface area contributed by atoms with Crippen molar-refractivity contribution in [1.29, 1.82) is 0 Å². The Morgan fingerprint density at radius 2 is 1.41 bits per heavy atom. The Hall–Kier alpha value is -0.900. The van der Waals surface area contributed by atoms with Gasteiger partial charge in [0, 0.05) is 32.3 Å². The fourth-order valence-electron chi connectivity index (χ4n) is 4.12. The number of rotatable bonds is 20. The third-order valence-electron chi connectivity index (χ3n) is 6.06. The summed E-state index contributed by atoms with van der Waals surface area (Å²) in [6.07, 6.45) is 23.9. The van der Waals surface area contributed by atoms with Crippen molar-refractivity contribution >= 4 is 12.1 Å². The second-order valence-corrected chi connectivity index (χ2v) is 8.79. The van der Waals surface area contributed by atoms with Crippen molar-refractivity contribution < 1.29 is 4.79 Å². The van der Waals surface area contributed by atoms with E-state index in [2.05, 4.69) is 29.1 Å². The average Bonchev–Trinajstić information content (AvgIpc) is 3.16. The number of unbranched alkanes of at least 4 members (excludes halogenated alkanes) is 13. The molecule has 1 atom stereocenters. The fraction of sp³-hybridized carbons (Fsp3) is 0.920. The summed E-state index contributed by atoms with van der Waals surface area (Å²) in [4.78, 5) is 19.1. The number of carbonyl (C=O) groups is 1. The van der Waals surface area contributed by atoms with Gasteiger partial charge in [-0.3, -0.25) is 14.7 Å². The monoisotopic (exact) mass is 407 g/mol. The normalized spacial score (nSPS) is 16.6. The van der Waals surface area contributed by atoms with Gasteiger partial charge in [-0.15, -0.1) is 0 Å². The van der Waals surface area contributed by atoms with Crippen LogP contribution in [0, 0.1) is 0 Å². The highest BCUT2D eigenvalue weighted by atomic mass is 16.1. The quantitative estimate of drug-likeness (QED) is 0.234. The standard InChI is InChI=1S/C25H49N3O/c1-3-5-7-9-11-12-13-15-17-19-25(29)27-21-23-28-22-20-26-24(28)18-16-14-10-8-6-4-2/h20,24H,3-19,21-23H2,1-2H3,(H,27,29). The lowest BCUT2D eigenvalue weighted by atomic mass is 10.1. The molecule has 0 radical (unpaired) electrons. The van der Waals surface area contributed by atoms with Crippen LogP contribution in [-0.4, -0.2) is 42.8 Å². The minimum Gasteiger partial charge on any atom is -0.355 e. The maximum absolute atomic E-state index is 12.0. The Kier molecular flexibility index (Phi) is 17.2. The first-order chi connectivity index (χ1) is 14.3. The van der Waals surface area contributed by atoms with E-state index in [1.165, 1.54) is 89.9 Å². The zero-order valence-corrected chi connectivity index (χ0v) is 19.6. The molecule has 0 aliphatic carbocycles. The number of amides is 1. The van der Waals surface area contributed by atoms with Crippen LogP contribution in [0.15, 0.2) is 4.99 Å². The van der Waals surface area contributed by atoms with Gasteiger partial charge in [0.05, 0.1) is 0 Å². The Bertz CT molecular complexity index is 411. The summed E-state index contributed by atoms with van der Waals surface area (Å²) in [6, 6.07) is 0. The van der Waals surface area contributed by atoms with Crippen molar-refractivity contribution in [2.45, 2.75) is 129 Å². The number of nitrogens with zero attached hydrogens (tertiary/aromatic N) is 2. The predicted molar refractivity (Wildman–Crippen MR) is 127 cm³/mol. The van der Waals surface area contributed by atoms with Gasteiger partial charge in [-0.2, -0.15) is 0 Å². The maximum atomic E-state index is 12.0. The molecule has 0 fully saturated rings. The highest BCUT2D eigenvalue weighted by Crippen LogP contribution is 2.15. The molecule has 4 nitrogen and oxygen atoms in total. The molecule has 0 bridgehead atoms. The first-order valence-corrected chi connectivity index (χ1v) is 12.8. The summed E-state index contributed by atoms with van der Waals surface area (Å²) in [5.41, 5.74) is 0. The summed E-state index contributed by atoms with van der Waals surface area (Å²) in [6.45, 7) is 7.14. The molecule has 1 N–H and O–H groups in total. The van der Waals surface area contributed by atoms with E-state index in [1.54, 1.807) is 0 Å². The van der Waals surface area contributed by atoms with Crippen LogP contribution < -0.4 is 5.32 Å². The average molecular weight is 408 g/mol. The molecule has 1 aliphatic heterocycles. The van der Waals surface area contributed by atoms with Crippen molar-refractivity contribution in [3.05, 3.63) is 0 Å². The minimum absolute atomic E-state index is 0.223. The topological polar surface area (TPSA) is 44.7 Å². The van der Waals surface area contributed by atoms with Gasteiger partial charge >= 0.3 is 0 Å². The van der Waals surface area contributed by atoms with Gasteiger partial charge in [0.2, 0.25) is 5.91 Å². The van der Waals surface area contributed by atoms with Crippen LogP contribution >= 0.6 is 0 Å². The summed E-state index contributed by atoms with van der Waals surface area (Å²) in [5, 5.41) is 3.11. The van der Waals surface area contributed by atoms with Crippen molar-refractivity contribution in [2.24, 2.45) is 4.99 Å². The molecule has 1 heterocycles. The summed E-state index contributed by atoms with van der Waals surface area (Å²) in [7, 11) is 0. The first-order valence-electron chi connectivity index (χ1n) is 12.8. The van der Waals surface area contributed by atoms with E-state index in [0.717, 1.165) is 32.5 Å². The van der Waals surface area contributed by atoms with Crippen molar-refractivity contribution in [3.63, 3.8) is 0 Å². The van der Waals surface area contributed by atoms with E-state index in [9.17, 15) is 4.79 Å². The molecule has 0 saturated carbocycles. The minimum atomic E-state index is 0.223. The van der Waals surface area contributed by atoms with Crippen LogP contribution in [0.1, 0.15) is 123 Å². The van der Waals surface area contributed by atoms with Gasteiger partial charge in [-0.25, -0.2) is 0 Å². The Morgan fingerprint density at radius 3 is 2.03 bits per heavy atom. The van der Waals surface area contributed by atoms with E-state index in [0.29, 0.717) is 12.6 Å². The van der Waals surface area contributed by atoms with Crippen LogP contribution in [0.2, 0.25) is 0 Å². The first kappa shape index (κ1) is 26.1. The molecule has 1 rings (SSSR count). The van der Waals surface area contributed by atoms with Gasteiger partial charge in [-0.05, 0) is 19.3 Å². The molecule has 0 aromatic rings. The van der Waals surface area contributed by atoms with Crippen molar-refractivity contribution in [3.8, 4) is 0 Å². The molecule has 29 heavy (non-hydrogen) atoms. The number of aliphatic imine (C=N–C) groups is 1. The van der Waals surface area contributed by atoms with Crippen molar-refractivity contribution in [1.82, 2.24) is 10.2 Å². The molecular formula is C25H49N3O. The van der Waals surface area contributed by atoms with E-state index in [-0.39, 0.29) is 5.91 Å². The van der Waals surface area contributed by atoms with Gasteiger partial charge in [0.1, 0.15) is 6.17 Å². The van der Waals surface area contributed by atoms with Crippen molar-refractivity contribution in [2.75, 3.05) is 19.6 Å². The molecule has 4 heteroatoms. The third-order valence-corrected chi connectivity index (χ3v) is 6.06. The highest BCUT2D eigenvalue weighted by molar-refractivity contribution is 5.75. The zero-order chi connectivity index (χ0) is 21.0.